The van der Waals surface area contributed by atoms with E-state index in [9.17, 15) is 30.0 Å². The summed E-state index contributed by atoms with van der Waals surface area (Å²) < 4.78 is 0. The van der Waals surface area contributed by atoms with Gasteiger partial charge in [0.1, 0.15) is 11.5 Å². The van der Waals surface area contributed by atoms with E-state index in [4.69, 9.17) is 0 Å². The average Bonchev–Trinajstić information content (AvgIpc) is 3.08. The number of para-hydroxylation sites is 2. The number of carbonyl (C=O) groups is 2. The lowest BCUT2D eigenvalue weighted by Gasteiger charge is -2.29. The molecule has 4 aromatic carbocycles. The molecule has 52 heavy (non-hydrogen) atoms. The van der Waals surface area contributed by atoms with Gasteiger partial charge in [0.25, 0.3) is 0 Å². The molecule has 0 atom stereocenters. The number of benzene rings is 4. The second-order valence-corrected chi connectivity index (χ2v) is 14.6. The van der Waals surface area contributed by atoms with Gasteiger partial charge in [0.2, 0.25) is 11.6 Å². The molecule has 2 aliphatic carbocycles. The number of hydrogen-bond donors (Lipinski definition) is 8. The zero-order chi connectivity index (χ0) is 37.8. The van der Waals surface area contributed by atoms with Crippen LogP contribution in [0.5, 0.6) is 11.5 Å². The minimum atomic E-state index is -0.676. The Morgan fingerprint density at radius 3 is 1.25 bits per heavy atom. The van der Waals surface area contributed by atoms with Crippen molar-refractivity contribution in [3.63, 3.8) is 0 Å². The molecule has 0 saturated heterocycles. The van der Waals surface area contributed by atoms with Gasteiger partial charge in [-0.2, -0.15) is 0 Å². The van der Waals surface area contributed by atoms with E-state index < -0.39 is 23.1 Å². The normalized spacial score (nSPS) is 16.0. The third-order valence-corrected chi connectivity index (χ3v) is 10.3. The van der Waals surface area contributed by atoms with E-state index in [2.05, 4.69) is 35.9 Å². The largest absolute Gasteiger partial charge is 0.507 e. The number of aliphatic hydroxyl groups is 2. The quantitative estimate of drug-likeness (QED) is 0.0694. The first-order chi connectivity index (χ1) is 24.6. The molecule has 0 spiro atoms. The molecule has 0 heterocycles. The third kappa shape index (κ3) is 6.05. The van der Waals surface area contributed by atoms with Crippen LogP contribution >= 0.6 is 25.3 Å². The molecule has 6 rings (SSSR count). The Balaban J connectivity index is 1.64. The molecule has 0 bridgehead atoms. The van der Waals surface area contributed by atoms with E-state index in [0.717, 1.165) is 0 Å². The fourth-order valence-corrected chi connectivity index (χ4v) is 7.57. The van der Waals surface area contributed by atoms with Crippen LogP contribution in [-0.4, -0.2) is 32.0 Å². The first-order valence-electron chi connectivity index (χ1n) is 16.9. The Labute approximate surface area is 313 Å². The lowest BCUT2D eigenvalue weighted by atomic mass is 9.75. The van der Waals surface area contributed by atoms with Gasteiger partial charge >= 0.3 is 0 Å². The predicted molar refractivity (Wildman–Crippen MR) is 214 cm³/mol. The van der Waals surface area contributed by atoms with Crippen LogP contribution in [0.15, 0.2) is 94.4 Å². The van der Waals surface area contributed by atoms with Crippen molar-refractivity contribution in [3.8, 4) is 22.6 Å². The van der Waals surface area contributed by atoms with E-state index in [1.807, 2.05) is 52.0 Å². The highest BCUT2D eigenvalue weighted by atomic mass is 32.1. The standard InChI is InChI=1S/C42H40N2O6S2/c1-19(2)31-23-15-21(5)33(39(47)35(23)25(37(45)41(31)49)17-43-27-11-7-9-13-29(27)51)34-22(6)16-24-32(20(3)4)42(50)38(46)26(36(24)40(34)48)18-44-28-12-8-10-14-30(28)52/h7-20,43-44,47-52H,1-6H3/b25-17+,26-18+. The molecule has 0 unspecified atom stereocenters. The number of fused-ring (bicyclic) bond motifs is 2. The van der Waals surface area contributed by atoms with E-state index in [1.54, 1.807) is 50.2 Å². The van der Waals surface area contributed by atoms with Crippen LogP contribution in [0.4, 0.5) is 11.4 Å². The van der Waals surface area contributed by atoms with Crippen molar-refractivity contribution in [1.29, 1.82) is 0 Å². The molecule has 0 saturated carbocycles. The molecular formula is C42H40N2O6S2. The Morgan fingerprint density at radius 2 is 0.923 bits per heavy atom. The number of phenolic OH excluding ortho intramolecular Hbond substituents is 2. The molecule has 0 aliphatic heterocycles. The second-order valence-electron chi connectivity index (χ2n) is 13.6. The highest BCUT2D eigenvalue weighted by Gasteiger charge is 2.38. The highest BCUT2D eigenvalue weighted by molar-refractivity contribution is 7.80. The minimum absolute atomic E-state index is 0.0164. The molecule has 4 aromatic rings. The van der Waals surface area contributed by atoms with Crippen LogP contribution in [0.25, 0.3) is 33.4 Å². The summed E-state index contributed by atoms with van der Waals surface area (Å²) in [6.45, 7) is 11.0. The fraction of sp³-hybridized carbons (Fsp3) is 0.190. The molecule has 0 fully saturated rings. The number of aryl methyl sites for hydroxylation is 2. The van der Waals surface area contributed by atoms with Crippen LogP contribution in [-0.2, 0) is 9.59 Å². The van der Waals surface area contributed by atoms with Crippen molar-refractivity contribution in [3.05, 3.63) is 118 Å². The first-order valence-corrected chi connectivity index (χ1v) is 17.7. The number of phenols is 2. The number of aromatic hydroxyl groups is 2. The van der Waals surface area contributed by atoms with Gasteiger partial charge in [-0.1, -0.05) is 64.1 Å². The summed E-state index contributed by atoms with van der Waals surface area (Å²) in [4.78, 5) is 29.0. The van der Waals surface area contributed by atoms with E-state index in [0.29, 0.717) is 54.6 Å². The number of carbonyl (C=O) groups excluding carboxylic acids is 2. The topological polar surface area (TPSA) is 139 Å². The summed E-state index contributed by atoms with van der Waals surface area (Å²) in [6, 6.07) is 18.0. The van der Waals surface area contributed by atoms with Gasteiger partial charge in [-0.25, -0.2) is 0 Å². The van der Waals surface area contributed by atoms with Crippen LogP contribution in [0.3, 0.4) is 0 Å². The number of aliphatic hydroxyl groups excluding tert-OH is 2. The molecular weight excluding hydrogens is 693 g/mol. The molecule has 8 nitrogen and oxygen atoms in total. The number of hydrogen-bond acceptors (Lipinski definition) is 10. The minimum Gasteiger partial charge on any atom is -0.507 e. The molecule has 0 amide bonds. The molecule has 0 aromatic heterocycles. The van der Waals surface area contributed by atoms with Gasteiger partial charge in [-0.15, -0.1) is 25.3 Å². The summed E-state index contributed by atoms with van der Waals surface area (Å²) >= 11 is 9.01. The van der Waals surface area contributed by atoms with Crippen LogP contribution in [0.1, 0.15) is 61.1 Å². The van der Waals surface area contributed by atoms with Crippen LogP contribution < -0.4 is 10.6 Å². The Morgan fingerprint density at radius 1 is 0.577 bits per heavy atom. The van der Waals surface area contributed by atoms with Crippen LogP contribution in [0.2, 0.25) is 0 Å². The number of anilines is 2. The van der Waals surface area contributed by atoms with Crippen molar-refractivity contribution < 1.29 is 30.0 Å². The van der Waals surface area contributed by atoms with Crippen molar-refractivity contribution >= 4 is 70.5 Å². The summed E-state index contributed by atoms with van der Waals surface area (Å²) in [5, 5.41) is 53.3. The third-order valence-electron chi connectivity index (χ3n) is 9.50. The van der Waals surface area contributed by atoms with E-state index in [-0.39, 0.29) is 56.7 Å². The molecule has 0 radical (unpaired) electrons. The highest BCUT2D eigenvalue weighted by Crippen LogP contribution is 2.53. The van der Waals surface area contributed by atoms with Crippen molar-refractivity contribution in [2.75, 3.05) is 10.6 Å². The zero-order valence-corrected chi connectivity index (χ0v) is 31.4. The summed E-state index contributed by atoms with van der Waals surface area (Å²) in [7, 11) is 0. The van der Waals surface area contributed by atoms with Crippen LogP contribution in [0, 0.1) is 25.7 Å². The van der Waals surface area contributed by atoms with E-state index in [1.165, 1.54) is 12.4 Å². The number of rotatable bonds is 7. The maximum Gasteiger partial charge on any atom is 0.229 e. The molecule has 6 N–H and O–H groups in total. The van der Waals surface area contributed by atoms with Crippen molar-refractivity contribution in [2.24, 2.45) is 11.8 Å². The number of allylic oxidation sites excluding steroid dienone is 4. The first kappa shape index (κ1) is 36.5. The Bertz CT molecular complexity index is 2170. The maximum atomic E-state index is 13.9. The van der Waals surface area contributed by atoms with Gasteiger partial charge < -0.3 is 31.1 Å². The van der Waals surface area contributed by atoms with Gasteiger partial charge in [0.05, 0.1) is 22.5 Å². The van der Waals surface area contributed by atoms with Gasteiger partial charge in [0, 0.05) is 55.6 Å². The maximum absolute atomic E-state index is 13.9. The van der Waals surface area contributed by atoms with Gasteiger partial charge in [-0.3, -0.25) is 9.59 Å². The SMILES string of the molecule is Cc1cc2c(c(O)c1-c1c(C)cc3c(c1O)/C(=C\Nc1ccccc1S)C(=O)C(O)=C3C(C)C)/C(=C\Nc1ccccc1S)C(=O)C(O)=C2C(C)C. The summed E-state index contributed by atoms with van der Waals surface area (Å²) in [5.74, 6) is -3.29. The summed E-state index contributed by atoms with van der Waals surface area (Å²) in [6.07, 6.45) is 2.88. The number of Topliss-reactive ketones (excluding diaryl/α,β-unsaturated/α-hetero) is 2. The smallest absolute Gasteiger partial charge is 0.229 e. The lowest BCUT2D eigenvalue weighted by Crippen LogP contribution is -2.20. The number of nitrogens with one attached hydrogen (secondary N) is 2. The monoisotopic (exact) mass is 732 g/mol. The Hall–Kier alpha value is -5.32. The van der Waals surface area contributed by atoms with Crippen molar-refractivity contribution in [1.82, 2.24) is 0 Å². The van der Waals surface area contributed by atoms with Crippen molar-refractivity contribution in [2.45, 2.75) is 51.3 Å². The number of thiol groups is 2. The predicted octanol–water partition coefficient (Wildman–Crippen LogP) is 9.88. The summed E-state index contributed by atoms with van der Waals surface area (Å²) in [5.41, 5.74) is 4.96. The molecule has 2 aliphatic rings. The van der Waals surface area contributed by atoms with Gasteiger partial charge in [0.15, 0.2) is 11.5 Å². The molecule has 266 valence electrons. The van der Waals surface area contributed by atoms with Gasteiger partial charge in [-0.05, 0) is 72.2 Å². The Kier molecular flexibility index (Phi) is 9.83. The lowest BCUT2D eigenvalue weighted by molar-refractivity contribution is -0.113. The average molecular weight is 733 g/mol. The molecule has 10 heteroatoms. The zero-order valence-electron chi connectivity index (χ0n) is 29.6. The second kappa shape index (κ2) is 14.0. The number of ketones is 2. The fourth-order valence-electron chi connectivity index (χ4n) is 7.12. The van der Waals surface area contributed by atoms with E-state index >= 15 is 0 Å².